The minimum Gasteiger partial charge on any atom is -0.315 e. The minimum absolute atomic E-state index is 0.0115. The number of imide groups is 2. The van der Waals surface area contributed by atoms with Gasteiger partial charge in [-0.1, -0.05) is 6.07 Å². The number of hydrogen-bond donors (Lipinski definition) is 3. The zero-order valence-corrected chi connectivity index (χ0v) is 15.1. The second-order valence-corrected chi connectivity index (χ2v) is 7.67. The van der Waals surface area contributed by atoms with Crippen LogP contribution in [0, 0.1) is 0 Å². The lowest BCUT2D eigenvalue weighted by Crippen LogP contribution is -2.54. The highest BCUT2D eigenvalue weighted by atomic mass is 16.2. The second-order valence-electron chi connectivity index (χ2n) is 7.67. The summed E-state index contributed by atoms with van der Waals surface area (Å²) in [6.07, 6.45) is 1.31. The Bertz CT molecular complexity index is 844. The predicted octanol–water partition coefficient (Wildman–Crippen LogP) is -0.0706. The number of carbonyl (C=O) groups excluding carboxylic acids is 4. The molecule has 1 aromatic carbocycles. The molecule has 1 unspecified atom stereocenters. The Labute approximate surface area is 156 Å². The summed E-state index contributed by atoms with van der Waals surface area (Å²) < 4.78 is 0. The molecular weight excluding hydrogens is 348 g/mol. The number of rotatable bonds is 4. The maximum Gasteiger partial charge on any atom is 0.262 e. The van der Waals surface area contributed by atoms with Crippen LogP contribution in [0.1, 0.15) is 52.5 Å². The first kappa shape index (κ1) is 17.8. The van der Waals surface area contributed by atoms with Crippen LogP contribution < -0.4 is 16.0 Å². The van der Waals surface area contributed by atoms with Gasteiger partial charge < -0.3 is 10.6 Å². The number of hydrogen-bond acceptors (Lipinski definition) is 6. The standard InChI is InChI=1S/C19H22N4O4/c1-19(6-7-20-10-19)21-9-11-2-3-12-13(8-11)18(27)23(17(12)26)14-4-5-15(24)22-16(14)25/h2-3,8,14,20-21H,4-7,9-10H2,1H3,(H,22,24,25)/t14?,19-/m0/s1. The quantitative estimate of drug-likeness (QED) is 0.641. The fraction of sp³-hybridized carbons (Fsp3) is 0.474. The molecule has 1 aromatic rings. The van der Waals surface area contributed by atoms with Gasteiger partial charge >= 0.3 is 0 Å². The van der Waals surface area contributed by atoms with Crippen LogP contribution in [0.4, 0.5) is 0 Å². The lowest BCUT2D eigenvalue weighted by molar-refractivity contribution is -0.136. The Morgan fingerprint density at radius 3 is 2.67 bits per heavy atom. The maximum absolute atomic E-state index is 12.8. The summed E-state index contributed by atoms with van der Waals surface area (Å²) in [5.41, 5.74) is 1.55. The number of nitrogens with zero attached hydrogens (tertiary/aromatic N) is 1. The van der Waals surface area contributed by atoms with E-state index in [9.17, 15) is 19.2 Å². The third-order valence-electron chi connectivity index (χ3n) is 5.59. The third kappa shape index (κ3) is 3.15. The summed E-state index contributed by atoms with van der Waals surface area (Å²) in [4.78, 5) is 49.9. The molecule has 2 fully saturated rings. The van der Waals surface area contributed by atoms with Crippen LogP contribution in [-0.4, -0.2) is 53.2 Å². The average Bonchev–Trinajstić information content (AvgIpc) is 3.17. The number of amides is 4. The Morgan fingerprint density at radius 1 is 1.19 bits per heavy atom. The first-order chi connectivity index (χ1) is 12.9. The second kappa shape index (κ2) is 6.54. The van der Waals surface area contributed by atoms with Crippen LogP contribution >= 0.6 is 0 Å². The molecule has 8 heteroatoms. The van der Waals surface area contributed by atoms with Crippen molar-refractivity contribution in [3.8, 4) is 0 Å². The first-order valence-corrected chi connectivity index (χ1v) is 9.18. The number of benzene rings is 1. The van der Waals surface area contributed by atoms with Crippen molar-refractivity contribution in [3.63, 3.8) is 0 Å². The molecule has 3 heterocycles. The van der Waals surface area contributed by atoms with Crippen molar-refractivity contribution in [3.05, 3.63) is 34.9 Å². The van der Waals surface area contributed by atoms with Crippen molar-refractivity contribution >= 4 is 23.6 Å². The summed E-state index contributed by atoms with van der Waals surface area (Å²) >= 11 is 0. The lowest BCUT2D eigenvalue weighted by Gasteiger charge is -2.27. The topological polar surface area (TPSA) is 108 Å². The van der Waals surface area contributed by atoms with Gasteiger partial charge in [0.2, 0.25) is 11.8 Å². The normalized spacial score (nSPS) is 27.9. The minimum atomic E-state index is -0.930. The molecular formula is C19H22N4O4. The van der Waals surface area contributed by atoms with E-state index >= 15 is 0 Å². The molecule has 0 saturated carbocycles. The largest absolute Gasteiger partial charge is 0.315 e. The molecule has 0 aliphatic carbocycles. The maximum atomic E-state index is 12.8. The Kier molecular flexibility index (Phi) is 4.32. The molecule has 3 aliphatic heterocycles. The molecule has 0 spiro atoms. The van der Waals surface area contributed by atoms with Crippen LogP contribution in [0.3, 0.4) is 0 Å². The molecule has 2 atom stereocenters. The number of carbonyl (C=O) groups is 4. The average molecular weight is 370 g/mol. The van der Waals surface area contributed by atoms with Gasteiger partial charge in [-0.15, -0.1) is 0 Å². The van der Waals surface area contributed by atoms with Crippen LogP contribution in [0.15, 0.2) is 18.2 Å². The smallest absolute Gasteiger partial charge is 0.262 e. The van der Waals surface area contributed by atoms with E-state index in [1.165, 1.54) is 0 Å². The SMILES string of the molecule is C[C@]1(NCc2ccc3c(c2)C(=O)N(C2CCC(=O)NC2=O)C3=O)CCNC1. The van der Waals surface area contributed by atoms with Crippen molar-refractivity contribution in [2.75, 3.05) is 13.1 Å². The molecule has 0 aromatic heterocycles. The Morgan fingerprint density at radius 2 is 1.96 bits per heavy atom. The van der Waals surface area contributed by atoms with Crippen molar-refractivity contribution in [1.29, 1.82) is 0 Å². The van der Waals surface area contributed by atoms with E-state index in [4.69, 9.17) is 0 Å². The zero-order chi connectivity index (χ0) is 19.2. The Balaban J connectivity index is 1.53. The number of nitrogens with one attached hydrogen (secondary N) is 3. The van der Waals surface area contributed by atoms with Crippen LogP contribution in [0.2, 0.25) is 0 Å². The van der Waals surface area contributed by atoms with Crippen LogP contribution in [0.5, 0.6) is 0 Å². The summed E-state index contributed by atoms with van der Waals surface area (Å²) in [6, 6.07) is 4.27. The summed E-state index contributed by atoms with van der Waals surface area (Å²) in [5.74, 6) is -1.92. The van der Waals surface area contributed by atoms with Crippen molar-refractivity contribution in [2.24, 2.45) is 0 Å². The van der Waals surface area contributed by atoms with Gasteiger partial charge in [-0.3, -0.25) is 29.4 Å². The molecule has 8 nitrogen and oxygen atoms in total. The molecule has 27 heavy (non-hydrogen) atoms. The van der Waals surface area contributed by atoms with Crippen molar-refractivity contribution in [1.82, 2.24) is 20.9 Å². The number of piperidine rings is 1. The van der Waals surface area contributed by atoms with Gasteiger partial charge in [-0.25, -0.2) is 0 Å². The first-order valence-electron chi connectivity index (χ1n) is 9.18. The van der Waals surface area contributed by atoms with E-state index < -0.39 is 23.8 Å². The van der Waals surface area contributed by atoms with Gasteiger partial charge in [0, 0.05) is 25.0 Å². The lowest BCUT2D eigenvalue weighted by atomic mass is 10.0. The van der Waals surface area contributed by atoms with E-state index in [-0.39, 0.29) is 24.3 Å². The molecule has 3 N–H and O–H groups in total. The van der Waals surface area contributed by atoms with Gasteiger partial charge in [0.15, 0.2) is 0 Å². The highest BCUT2D eigenvalue weighted by Crippen LogP contribution is 2.28. The van der Waals surface area contributed by atoms with E-state index in [0.29, 0.717) is 17.7 Å². The predicted molar refractivity (Wildman–Crippen MR) is 95.8 cm³/mol. The zero-order valence-electron chi connectivity index (χ0n) is 15.1. The highest BCUT2D eigenvalue weighted by molar-refractivity contribution is 6.23. The van der Waals surface area contributed by atoms with Gasteiger partial charge in [0.25, 0.3) is 11.8 Å². The summed E-state index contributed by atoms with van der Waals surface area (Å²) in [7, 11) is 0. The molecule has 2 saturated heterocycles. The molecule has 0 bridgehead atoms. The molecule has 142 valence electrons. The number of fused-ring (bicyclic) bond motifs is 1. The fourth-order valence-corrected chi connectivity index (χ4v) is 3.91. The summed E-state index contributed by atoms with van der Waals surface area (Å²) in [6.45, 7) is 4.60. The fourth-order valence-electron chi connectivity index (χ4n) is 3.91. The van der Waals surface area contributed by atoms with Crippen LogP contribution in [-0.2, 0) is 16.1 Å². The van der Waals surface area contributed by atoms with E-state index in [1.807, 2.05) is 6.07 Å². The van der Waals surface area contributed by atoms with Crippen molar-refractivity contribution in [2.45, 2.75) is 44.3 Å². The molecule has 3 aliphatic rings. The summed E-state index contributed by atoms with van der Waals surface area (Å²) in [5, 5.41) is 9.03. The van der Waals surface area contributed by atoms with Crippen molar-refractivity contribution < 1.29 is 19.2 Å². The monoisotopic (exact) mass is 370 g/mol. The molecule has 0 radical (unpaired) electrons. The highest BCUT2D eigenvalue weighted by Gasteiger charge is 2.44. The van der Waals surface area contributed by atoms with Gasteiger partial charge in [-0.05, 0) is 44.0 Å². The van der Waals surface area contributed by atoms with Gasteiger partial charge in [-0.2, -0.15) is 0 Å². The van der Waals surface area contributed by atoms with Gasteiger partial charge in [0.1, 0.15) is 6.04 Å². The Hall–Kier alpha value is -2.58. The van der Waals surface area contributed by atoms with Gasteiger partial charge in [0.05, 0.1) is 11.1 Å². The van der Waals surface area contributed by atoms with E-state index in [1.54, 1.807) is 12.1 Å². The van der Waals surface area contributed by atoms with Crippen LogP contribution in [0.25, 0.3) is 0 Å². The molecule has 4 rings (SSSR count). The van der Waals surface area contributed by atoms with E-state index in [2.05, 4.69) is 22.9 Å². The molecule has 4 amide bonds. The van der Waals surface area contributed by atoms with E-state index in [0.717, 1.165) is 30.0 Å². The third-order valence-corrected chi connectivity index (χ3v) is 5.59.